The Labute approximate surface area is 177 Å². The number of ether oxygens (including phenoxy) is 1. The van der Waals surface area contributed by atoms with Gasteiger partial charge in [-0.05, 0) is 36.6 Å². The van der Waals surface area contributed by atoms with E-state index < -0.39 is 11.7 Å². The maximum atomic E-state index is 13.0. The van der Waals surface area contributed by atoms with Gasteiger partial charge in [-0.15, -0.1) is 0 Å². The number of thioether (sulfide) groups is 1. The Morgan fingerprint density at radius 3 is 2.70 bits per heavy atom. The highest BCUT2D eigenvalue weighted by atomic mass is 35.5. The normalized spacial score (nSPS) is 11.6. The van der Waals surface area contributed by atoms with Crippen LogP contribution in [-0.2, 0) is 6.18 Å². The van der Waals surface area contributed by atoms with Crippen molar-refractivity contribution in [3.8, 4) is 11.6 Å². The van der Waals surface area contributed by atoms with Gasteiger partial charge in [0.1, 0.15) is 5.75 Å². The van der Waals surface area contributed by atoms with Crippen LogP contribution in [0.15, 0.2) is 53.8 Å². The van der Waals surface area contributed by atoms with Crippen molar-refractivity contribution in [1.82, 2.24) is 19.9 Å². The van der Waals surface area contributed by atoms with Crippen LogP contribution in [0.3, 0.4) is 0 Å². The molecule has 2 N–H and O–H groups in total. The summed E-state index contributed by atoms with van der Waals surface area (Å²) in [5.74, 6) is 1.20. The molecule has 154 valence electrons. The number of rotatable bonds is 5. The molecule has 11 heteroatoms. The van der Waals surface area contributed by atoms with Crippen LogP contribution in [0.25, 0.3) is 11.0 Å². The number of nitrogens with one attached hydrogen (secondary N) is 2. The summed E-state index contributed by atoms with van der Waals surface area (Å²) in [5.41, 5.74) is 0.532. The van der Waals surface area contributed by atoms with Crippen molar-refractivity contribution in [2.75, 3.05) is 11.6 Å². The highest BCUT2D eigenvalue weighted by molar-refractivity contribution is 7.98. The van der Waals surface area contributed by atoms with Gasteiger partial charge in [-0.1, -0.05) is 23.4 Å². The molecule has 0 atom stereocenters. The number of hydrogen-bond donors (Lipinski definition) is 2. The molecule has 0 bridgehead atoms. The van der Waals surface area contributed by atoms with E-state index in [0.29, 0.717) is 27.8 Å². The van der Waals surface area contributed by atoms with Crippen LogP contribution in [0.4, 0.5) is 24.8 Å². The van der Waals surface area contributed by atoms with Crippen LogP contribution >= 0.6 is 23.4 Å². The van der Waals surface area contributed by atoms with Crippen molar-refractivity contribution in [2.24, 2.45) is 0 Å². The number of aromatic amines is 1. The van der Waals surface area contributed by atoms with Crippen molar-refractivity contribution in [1.29, 1.82) is 0 Å². The van der Waals surface area contributed by atoms with Crippen LogP contribution < -0.4 is 10.1 Å². The van der Waals surface area contributed by atoms with E-state index in [1.165, 1.54) is 23.9 Å². The number of H-pyrrole nitrogens is 1. The third kappa shape index (κ3) is 4.44. The minimum absolute atomic E-state index is 0.202. The van der Waals surface area contributed by atoms with Crippen LogP contribution in [0.2, 0.25) is 5.02 Å². The highest BCUT2D eigenvalue weighted by Crippen LogP contribution is 2.36. The van der Waals surface area contributed by atoms with Gasteiger partial charge in [0.2, 0.25) is 11.8 Å². The molecule has 0 amide bonds. The molecule has 2 aromatic carbocycles. The monoisotopic (exact) mass is 451 g/mol. The lowest BCUT2D eigenvalue weighted by molar-refractivity contribution is -0.137. The minimum Gasteiger partial charge on any atom is -0.439 e. The number of fused-ring (bicyclic) bond motifs is 1. The van der Waals surface area contributed by atoms with E-state index in [4.69, 9.17) is 16.3 Å². The molecule has 4 rings (SSSR count). The van der Waals surface area contributed by atoms with Crippen LogP contribution in [0, 0.1) is 0 Å². The predicted molar refractivity (Wildman–Crippen MR) is 110 cm³/mol. The molecule has 0 fully saturated rings. The zero-order valence-electron chi connectivity index (χ0n) is 15.3. The zero-order valence-corrected chi connectivity index (χ0v) is 16.9. The van der Waals surface area contributed by atoms with E-state index >= 15 is 0 Å². The topological polar surface area (TPSA) is 75.7 Å². The lowest BCUT2D eigenvalue weighted by atomic mass is 10.2. The molecule has 6 nitrogen and oxygen atoms in total. The fourth-order valence-corrected chi connectivity index (χ4v) is 3.24. The molecule has 0 unspecified atom stereocenters. The fourth-order valence-electron chi connectivity index (χ4n) is 2.67. The van der Waals surface area contributed by atoms with Crippen molar-refractivity contribution < 1.29 is 17.9 Å². The van der Waals surface area contributed by atoms with Crippen LogP contribution in [-0.4, -0.2) is 26.2 Å². The number of nitrogens with zero attached hydrogens (tertiary/aromatic N) is 3. The van der Waals surface area contributed by atoms with Gasteiger partial charge < -0.3 is 15.0 Å². The van der Waals surface area contributed by atoms with Crippen molar-refractivity contribution >= 4 is 46.0 Å². The first-order chi connectivity index (χ1) is 14.3. The van der Waals surface area contributed by atoms with E-state index in [1.54, 1.807) is 30.5 Å². The summed E-state index contributed by atoms with van der Waals surface area (Å²) in [6.45, 7) is 0. The molecule has 30 heavy (non-hydrogen) atoms. The number of aromatic nitrogens is 4. The number of imidazole rings is 1. The first-order valence-electron chi connectivity index (χ1n) is 8.50. The zero-order chi connectivity index (χ0) is 21.3. The van der Waals surface area contributed by atoms with Crippen LogP contribution in [0.1, 0.15) is 5.56 Å². The molecule has 0 saturated carbocycles. The lowest BCUT2D eigenvalue weighted by Crippen LogP contribution is -2.06. The Morgan fingerprint density at radius 2 is 1.93 bits per heavy atom. The minimum atomic E-state index is -4.55. The van der Waals surface area contributed by atoms with Crippen molar-refractivity contribution in [3.05, 3.63) is 59.2 Å². The van der Waals surface area contributed by atoms with Gasteiger partial charge >= 0.3 is 6.18 Å². The molecule has 4 aromatic rings. The standard InChI is InChI=1S/C19H13ClF3N5OS/c1-30-18-24-7-6-16(28-18)29-11-3-5-14-15(9-11)27-17(26-14)25-10-2-4-13(20)12(8-10)19(21,22)23/h2-9H,1H3,(H2,25,26,27). The van der Waals surface area contributed by atoms with E-state index in [1.807, 2.05) is 6.26 Å². The quantitative estimate of drug-likeness (QED) is 0.274. The first kappa shape index (κ1) is 20.3. The molecule has 2 aromatic heterocycles. The molecule has 0 aliphatic carbocycles. The molecule has 2 heterocycles. The van der Waals surface area contributed by atoms with Crippen LogP contribution in [0.5, 0.6) is 11.6 Å². The Bertz CT molecular complexity index is 1210. The van der Waals surface area contributed by atoms with E-state index in [9.17, 15) is 13.2 Å². The summed E-state index contributed by atoms with van der Waals surface area (Å²) >= 11 is 7.05. The smallest absolute Gasteiger partial charge is 0.417 e. The first-order valence-corrected chi connectivity index (χ1v) is 10.1. The molecule has 0 spiro atoms. The summed E-state index contributed by atoms with van der Waals surface area (Å²) in [4.78, 5) is 15.7. The Morgan fingerprint density at radius 1 is 1.10 bits per heavy atom. The SMILES string of the molecule is CSc1nccc(Oc2ccc3nc(Nc4ccc(Cl)c(C(F)(F)F)c4)[nH]c3c2)n1. The van der Waals surface area contributed by atoms with Gasteiger partial charge in [-0.2, -0.15) is 18.2 Å². The lowest BCUT2D eigenvalue weighted by Gasteiger charge is -2.11. The van der Waals surface area contributed by atoms with E-state index in [-0.39, 0.29) is 16.7 Å². The number of benzene rings is 2. The van der Waals surface area contributed by atoms with Gasteiger partial charge in [0.25, 0.3) is 0 Å². The van der Waals surface area contributed by atoms with Gasteiger partial charge in [0.15, 0.2) is 5.16 Å². The molecular weight excluding hydrogens is 439 g/mol. The maximum absolute atomic E-state index is 13.0. The third-order valence-electron chi connectivity index (χ3n) is 4.00. The van der Waals surface area contributed by atoms with Crippen molar-refractivity contribution in [2.45, 2.75) is 11.3 Å². The second-order valence-electron chi connectivity index (χ2n) is 6.07. The number of alkyl halides is 3. The molecule has 0 radical (unpaired) electrons. The average molecular weight is 452 g/mol. The molecular formula is C19H13ClF3N5OS. The summed E-state index contributed by atoms with van der Waals surface area (Å²) in [6, 6.07) is 10.4. The average Bonchev–Trinajstić information content (AvgIpc) is 3.10. The van der Waals surface area contributed by atoms with Crippen molar-refractivity contribution in [3.63, 3.8) is 0 Å². The summed E-state index contributed by atoms with van der Waals surface area (Å²) in [6.07, 6.45) is -1.08. The molecule has 0 aliphatic rings. The van der Waals surface area contributed by atoms with Gasteiger partial charge in [0.05, 0.1) is 21.6 Å². The predicted octanol–water partition coefficient (Wildman–Crippen LogP) is 6.28. The second-order valence-corrected chi connectivity index (χ2v) is 7.25. The summed E-state index contributed by atoms with van der Waals surface area (Å²) in [5, 5.41) is 3.05. The van der Waals surface area contributed by atoms with E-state index in [2.05, 4.69) is 25.3 Å². The Hall–Kier alpha value is -2.98. The fraction of sp³-hybridized carbons (Fsp3) is 0.105. The molecule has 0 saturated heterocycles. The number of halogens is 4. The van der Waals surface area contributed by atoms with Gasteiger partial charge in [-0.3, -0.25) is 0 Å². The second kappa shape index (κ2) is 8.04. The highest BCUT2D eigenvalue weighted by Gasteiger charge is 2.33. The molecule has 0 aliphatic heterocycles. The van der Waals surface area contributed by atoms with E-state index in [0.717, 1.165) is 6.07 Å². The number of anilines is 2. The van der Waals surface area contributed by atoms with Gasteiger partial charge in [-0.25, -0.2) is 9.97 Å². The Balaban J connectivity index is 1.57. The van der Waals surface area contributed by atoms with Gasteiger partial charge in [0, 0.05) is 24.0 Å². The largest absolute Gasteiger partial charge is 0.439 e. The maximum Gasteiger partial charge on any atom is 0.417 e. The third-order valence-corrected chi connectivity index (χ3v) is 4.89. The summed E-state index contributed by atoms with van der Waals surface area (Å²) in [7, 11) is 0. The summed E-state index contributed by atoms with van der Waals surface area (Å²) < 4.78 is 44.9. The number of hydrogen-bond acceptors (Lipinski definition) is 6. The Kier molecular flexibility index (Phi) is 5.44.